The van der Waals surface area contributed by atoms with Crippen molar-refractivity contribution in [2.75, 3.05) is 12.4 Å². The molecule has 0 heterocycles. The molecule has 0 aromatic carbocycles. The molecule has 90 valence electrons. The van der Waals surface area contributed by atoms with Crippen molar-refractivity contribution >= 4 is 20.7 Å². The molecule has 0 saturated heterocycles. The fourth-order valence-corrected chi connectivity index (χ4v) is 0.621. The van der Waals surface area contributed by atoms with Gasteiger partial charge in [-0.25, -0.2) is 0 Å². The van der Waals surface area contributed by atoms with E-state index in [9.17, 15) is 8.42 Å². The van der Waals surface area contributed by atoms with Crippen LogP contribution in [-0.4, -0.2) is 33.4 Å². The van der Waals surface area contributed by atoms with Crippen molar-refractivity contribution in [1.82, 2.24) is 0 Å². The maximum Gasteiger partial charge on any atom is 0.425 e. The predicted molar refractivity (Wildman–Crippen MR) is 55.3 cm³/mol. The summed E-state index contributed by atoms with van der Waals surface area (Å²) < 4.78 is 50.5. The predicted octanol–water partition coefficient (Wildman–Crippen LogP) is 0.00800. The quantitative estimate of drug-likeness (QED) is 0.522. The van der Waals surface area contributed by atoms with Crippen LogP contribution in [-0.2, 0) is 24.9 Å². The van der Waals surface area contributed by atoms with Crippen molar-refractivity contribution in [2.45, 2.75) is 20.8 Å². The van der Waals surface area contributed by atoms with Gasteiger partial charge in [0.2, 0.25) is 0 Å². The Morgan fingerprint density at radius 3 is 1.80 bits per heavy atom. The molecule has 0 aliphatic carbocycles. The molecule has 0 aromatic rings. The highest BCUT2D eigenvalue weighted by Gasteiger charge is 2.03. The summed E-state index contributed by atoms with van der Waals surface area (Å²) in [5.41, 5.74) is 0. The van der Waals surface area contributed by atoms with E-state index in [0.29, 0.717) is 0 Å². The molecule has 6 nitrogen and oxygen atoms in total. The summed E-state index contributed by atoms with van der Waals surface area (Å²) in [6.07, 6.45) is 4.75. The minimum atomic E-state index is -3.32. The molecule has 0 fully saturated rings. The second-order valence-corrected chi connectivity index (χ2v) is 3.85. The normalized spacial score (nSPS) is 8.40. The summed E-state index contributed by atoms with van der Waals surface area (Å²) in [4.78, 5) is 0. The van der Waals surface area contributed by atoms with Crippen LogP contribution in [0.2, 0.25) is 0 Å². The van der Waals surface area contributed by atoms with Crippen LogP contribution in [0.3, 0.4) is 0 Å². The summed E-state index contributed by atoms with van der Waals surface area (Å²) >= 11 is 0. The highest BCUT2D eigenvalue weighted by Crippen LogP contribution is 1.89. The first-order valence-electron chi connectivity index (χ1n) is 3.93. The minimum Gasteiger partial charge on any atom is -0.257 e. The van der Waals surface area contributed by atoms with Crippen LogP contribution < -0.4 is 0 Å². The maximum atomic E-state index is 10.4. The molecule has 0 unspecified atom stereocenters. The minimum absolute atomic E-state index is 0.0331. The topological polar surface area (TPSA) is 94.6 Å². The molecule has 0 atom stereocenters. The van der Waals surface area contributed by atoms with Crippen molar-refractivity contribution in [3.8, 4) is 12.3 Å². The number of hydrogen-bond donors (Lipinski definition) is 0. The van der Waals surface area contributed by atoms with E-state index in [0.717, 1.165) is 0 Å². The van der Waals surface area contributed by atoms with Crippen molar-refractivity contribution in [3.63, 3.8) is 0 Å². The molecule has 0 rings (SSSR count). The number of hydrogen-bond acceptors (Lipinski definition) is 6. The average Bonchev–Trinajstić information content (AvgIpc) is 2.17. The monoisotopic (exact) mass is 258 g/mol. The molecule has 8 heteroatoms. The van der Waals surface area contributed by atoms with Gasteiger partial charge in [-0.1, -0.05) is 19.8 Å². The summed E-state index contributed by atoms with van der Waals surface area (Å²) in [6, 6.07) is 0. The summed E-state index contributed by atoms with van der Waals surface area (Å²) in [7, 11) is -6.44. The van der Waals surface area contributed by atoms with E-state index in [2.05, 4.69) is 10.1 Å². The van der Waals surface area contributed by atoms with Crippen molar-refractivity contribution in [1.29, 1.82) is 0 Å². The lowest BCUT2D eigenvalue weighted by molar-refractivity contribution is 0.364. The van der Waals surface area contributed by atoms with Crippen LogP contribution in [0.25, 0.3) is 0 Å². The first-order valence-corrected chi connectivity index (χ1v) is 6.50. The van der Waals surface area contributed by atoms with Gasteiger partial charge >= 0.3 is 10.6 Å². The third-order valence-electron chi connectivity index (χ3n) is 0.675. The van der Waals surface area contributed by atoms with Crippen LogP contribution in [0.15, 0.2) is 0 Å². The Kier molecular flexibility index (Phi) is 17.1. The van der Waals surface area contributed by atoms with Gasteiger partial charge in [-0.3, -0.25) is 4.18 Å². The van der Waals surface area contributed by atoms with Gasteiger partial charge in [0.15, 0.2) is 0 Å². The Balaban J connectivity index is -0.000000202. The van der Waals surface area contributed by atoms with Gasteiger partial charge in [0.25, 0.3) is 10.1 Å². The molecule has 0 saturated carbocycles. The van der Waals surface area contributed by atoms with E-state index in [1.807, 2.05) is 13.8 Å². The van der Waals surface area contributed by atoms with E-state index in [4.69, 9.17) is 19.1 Å². The van der Waals surface area contributed by atoms with Crippen molar-refractivity contribution in [3.05, 3.63) is 0 Å². The molecule has 0 N–H and O–H groups in total. The molecule has 0 amide bonds. The summed E-state index contributed by atoms with van der Waals surface area (Å²) in [5, 5.41) is 0. The fourth-order valence-electron chi connectivity index (χ4n) is 0.207. The van der Waals surface area contributed by atoms with Crippen molar-refractivity contribution < 1.29 is 25.2 Å². The maximum absolute atomic E-state index is 10.4. The zero-order valence-corrected chi connectivity index (χ0v) is 10.4. The second-order valence-electron chi connectivity index (χ2n) is 1.52. The zero-order valence-electron chi connectivity index (χ0n) is 8.76. The van der Waals surface area contributed by atoms with Gasteiger partial charge in [0.1, 0.15) is 6.61 Å². The molecule has 0 spiro atoms. The van der Waals surface area contributed by atoms with Gasteiger partial charge in [-0.15, -0.1) is 19.1 Å². The highest BCUT2D eigenvalue weighted by molar-refractivity contribution is 7.86. The number of rotatable bonds is 3. The van der Waals surface area contributed by atoms with E-state index in [1.54, 1.807) is 0 Å². The third-order valence-corrected chi connectivity index (χ3v) is 1.86. The van der Waals surface area contributed by atoms with E-state index in [1.165, 1.54) is 6.92 Å². The highest BCUT2D eigenvalue weighted by atomic mass is 32.2. The van der Waals surface area contributed by atoms with Gasteiger partial charge in [0, 0.05) is 0 Å². The molecule has 0 aromatic heterocycles. The fraction of sp³-hybridized carbons (Fsp3) is 0.714. The van der Waals surface area contributed by atoms with E-state index >= 15 is 0 Å². The average molecular weight is 258 g/mol. The Morgan fingerprint density at radius 2 is 1.60 bits per heavy atom. The van der Waals surface area contributed by atoms with Crippen LogP contribution in [0.4, 0.5) is 0 Å². The van der Waals surface area contributed by atoms with Crippen LogP contribution in [0, 0.1) is 12.3 Å². The van der Waals surface area contributed by atoms with E-state index in [-0.39, 0.29) is 12.4 Å². The molecule has 0 aliphatic heterocycles. The molecule has 0 radical (unpaired) electrons. The van der Waals surface area contributed by atoms with Crippen LogP contribution in [0.5, 0.6) is 0 Å². The van der Waals surface area contributed by atoms with Crippen molar-refractivity contribution in [2.24, 2.45) is 0 Å². The Morgan fingerprint density at radius 1 is 1.27 bits per heavy atom. The van der Waals surface area contributed by atoms with E-state index < -0.39 is 20.7 Å². The van der Waals surface area contributed by atoms with Gasteiger partial charge in [-0.05, 0) is 6.92 Å². The molecule has 15 heavy (non-hydrogen) atoms. The largest absolute Gasteiger partial charge is 0.425 e. The van der Waals surface area contributed by atoms with Gasteiger partial charge in [0.05, 0.1) is 5.75 Å². The molecule has 0 aliphatic rings. The summed E-state index contributed by atoms with van der Waals surface area (Å²) in [6.45, 7) is 5.32. The van der Waals surface area contributed by atoms with Gasteiger partial charge < -0.3 is 0 Å². The molecular weight excluding hydrogens is 244 g/mol. The molecule has 0 bridgehead atoms. The third kappa shape index (κ3) is 32.0. The van der Waals surface area contributed by atoms with Gasteiger partial charge in [-0.2, -0.15) is 8.42 Å². The lowest BCUT2D eigenvalue weighted by Gasteiger charge is -1.95. The lowest BCUT2D eigenvalue weighted by Crippen LogP contribution is -2.07. The number of terminal acetylenes is 1. The van der Waals surface area contributed by atoms with Crippen LogP contribution in [0.1, 0.15) is 20.8 Å². The molecular formula is C7H14O6S2. The lowest BCUT2D eigenvalue weighted by atomic mass is 10.8. The Hall–Kier alpha value is -0.910. The SMILES string of the molecule is C#CCOS(=O)(=O)CC.CC.O=S(=O)=O. The Labute approximate surface area is 91.8 Å². The second kappa shape index (κ2) is 13.1. The smallest absolute Gasteiger partial charge is 0.257 e. The standard InChI is InChI=1S/C5H8O3S.C2H6.O3S/c1-3-5-8-9(6,7)4-2;1-2;1-4(2)3/h1H,4-5H2,2H3;1-2H3;. The van der Waals surface area contributed by atoms with Crippen LogP contribution >= 0.6 is 0 Å². The zero-order chi connectivity index (χ0) is 12.9. The summed E-state index contributed by atoms with van der Waals surface area (Å²) in [5.74, 6) is 2.02. The first-order chi connectivity index (χ1) is 6.85. The Bertz CT molecular complexity index is 350. The first kappa shape index (κ1) is 19.6.